The van der Waals surface area contributed by atoms with E-state index in [-0.39, 0.29) is 11.9 Å². The number of aliphatic hydroxyl groups excluding tert-OH is 1. The van der Waals surface area contributed by atoms with Gasteiger partial charge in [-0.05, 0) is 31.0 Å². The number of nitrogens with one attached hydrogen (secondary N) is 1. The molecule has 1 aromatic carbocycles. The molecule has 1 aliphatic carbocycles. The summed E-state index contributed by atoms with van der Waals surface area (Å²) >= 11 is 0. The zero-order chi connectivity index (χ0) is 19.3. The van der Waals surface area contributed by atoms with Crippen LogP contribution in [-0.2, 0) is 6.42 Å². The lowest BCUT2D eigenvalue weighted by atomic mass is 10.1. The summed E-state index contributed by atoms with van der Waals surface area (Å²) in [5.74, 6) is -0.0712. The van der Waals surface area contributed by atoms with Crippen molar-refractivity contribution >= 4 is 17.2 Å². The van der Waals surface area contributed by atoms with E-state index in [0.29, 0.717) is 12.0 Å². The van der Waals surface area contributed by atoms with Crippen LogP contribution in [0.3, 0.4) is 0 Å². The van der Waals surface area contributed by atoms with Crippen LogP contribution in [0.5, 0.6) is 0 Å². The van der Waals surface area contributed by atoms with Crippen molar-refractivity contribution in [3.8, 4) is 0 Å². The monoisotopic (exact) mass is 364 g/mol. The highest BCUT2D eigenvalue weighted by Crippen LogP contribution is 2.35. The maximum atomic E-state index is 12.6. The zero-order valence-electron chi connectivity index (χ0n) is 16.0. The van der Waals surface area contributed by atoms with Gasteiger partial charge in [0.1, 0.15) is 0 Å². The van der Waals surface area contributed by atoms with Gasteiger partial charge in [-0.15, -0.1) is 0 Å². The van der Waals surface area contributed by atoms with Gasteiger partial charge in [-0.3, -0.25) is 4.79 Å². The minimum Gasteiger partial charge on any atom is -0.390 e. The van der Waals surface area contributed by atoms with Gasteiger partial charge in [0.25, 0.3) is 5.91 Å². The van der Waals surface area contributed by atoms with E-state index in [1.165, 1.54) is 0 Å². The van der Waals surface area contributed by atoms with Crippen LogP contribution in [0.1, 0.15) is 38.9 Å². The summed E-state index contributed by atoms with van der Waals surface area (Å²) < 4.78 is 1.95. The first-order chi connectivity index (χ1) is 12.9. The fourth-order valence-electron chi connectivity index (χ4n) is 3.77. The molecule has 2 aromatic heterocycles. The van der Waals surface area contributed by atoms with Crippen LogP contribution in [0.15, 0.2) is 36.5 Å². The molecule has 2 atom stereocenters. The number of carbonyl (C=O) groups excluding carboxylic acids is 1. The number of fused-ring (bicyclic) bond motifs is 2. The van der Waals surface area contributed by atoms with Gasteiger partial charge in [0, 0.05) is 32.4 Å². The van der Waals surface area contributed by atoms with Gasteiger partial charge in [0.2, 0.25) is 0 Å². The quantitative estimate of drug-likeness (QED) is 0.750. The zero-order valence-corrected chi connectivity index (χ0v) is 16.0. The summed E-state index contributed by atoms with van der Waals surface area (Å²) in [6, 6.07) is 9.66. The highest BCUT2D eigenvalue weighted by Gasteiger charge is 2.31. The van der Waals surface area contributed by atoms with Gasteiger partial charge in [-0.1, -0.05) is 24.3 Å². The topological polar surface area (TPSA) is 69.9 Å². The third-order valence-corrected chi connectivity index (χ3v) is 5.36. The Kier molecular flexibility index (Phi) is 4.15. The number of nitrogens with zero attached hydrogens (tertiary/aromatic N) is 3. The first-order valence-corrected chi connectivity index (χ1v) is 9.10. The van der Waals surface area contributed by atoms with Crippen molar-refractivity contribution < 1.29 is 9.90 Å². The van der Waals surface area contributed by atoms with E-state index >= 15 is 0 Å². The minimum absolute atomic E-state index is 0.0712. The van der Waals surface area contributed by atoms with Gasteiger partial charge in [-0.25, -0.2) is 4.98 Å². The predicted octanol–water partition coefficient (Wildman–Crippen LogP) is 2.72. The van der Waals surface area contributed by atoms with Gasteiger partial charge >= 0.3 is 0 Å². The van der Waals surface area contributed by atoms with Crippen molar-refractivity contribution in [1.82, 2.24) is 14.3 Å². The average Bonchev–Trinajstić information content (AvgIpc) is 3.11. The van der Waals surface area contributed by atoms with Gasteiger partial charge in [0.05, 0.1) is 29.1 Å². The molecule has 6 heteroatoms. The Hall–Kier alpha value is -2.86. The highest BCUT2D eigenvalue weighted by molar-refractivity contribution is 5.95. The number of hydrogen-bond acceptors (Lipinski definition) is 4. The lowest BCUT2D eigenvalue weighted by Crippen LogP contribution is -2.24. The van der Waals surface area contributed by atoms with Crippen LogP contribution < -0.4 is 5.32 Å². The maximum Gasteiger partial charge on any atom is 0.254 e. The average molecular weight is 364 g/mol. The standard InChI is InChI=1S/C21H24N4O2/c1-12-13(2)25-11-15(21(27)24(3)4)9-17(20(25)22-12)23-19-16-8-6-5-7-14(16)10-18(19)26/h5-9,11,18-19,23,26H,10H2,1-4H3/t18-,19+/m0/s1. The van der Waals surface area contributed by atoms with E-state index in [4.69, 9.17) is 0 Å². The number of hydrogen-bond donors (Lipinski definition) is 2. The van der Waals surface area contributed by atoms with E-state index in [1.807, 2.05) is 54.8 Å². The third kappa shape index (κ3) is 2.86. The Balaban J connectivity index is 1.83. The lowest BCUT2D eigenvalue weighted by molar-refractivity contribution is 0.0827. The molecule has 0 spiro atoms. The molecule has 4 rings (SSSR count). The number of aliphatic hydroxyl groups is 1. The predicted molar refractivity (Wildman–Crippen MR) is 105 cm³/mol. The van der Waals surface area contributed by atoms with Crippen LogP contribution in [0.25, 0.3) is 5.65 Å². The Morgan fingerprint density at radius 1 is 1.30 bits per heavy atom. The molecule has 6 nitrogen and oxygen atoms in total. The normalized spacial score (nSPS) is 18.6. The Morgan fingerprint density at radius 3 is 2.78 bits per heavy atom. The molecule has 2 N–H and O–H groups in total. The number of aryl methyl sites for hydroxylation is 2. The summed E-state index contributed by atoms with van der Waals surface area (Å²) in [7, 11) is 3.48. The molecule has 140 valence electrons. The van der Waals surface area contributed by atoms with Crippen molar-refractivity contribution in [3.05, 3.63) is 64.6 Å². The molecule has 1 amide bonds. The second-order valence-electron chi connectivity index (χ2n) is 7.41. The van der Waals surface area contributed by atoms with Crippen molar-refractivity contribution in [2.75, 3.05) is 19.4 Å². The molecule has 0 saturated carbocycles. The van der Waals surface area contributed by atoms with Crippen LogP contribution in [0, 0.1) is 13.8 Å². The fourth-order valence-corrected chi connectivity index (χ4v) is 3.77. The van der Waals surface area contributed by atoms with Crippen LogP contribution >= 0.6 is 0 Å². The van der Waals surface area contributed by atoms with Crippen molar-refractivity contribution in [1.29, 1.82) is 0 Å². The van der Waals surface area contributed by atoms with Crippen molar-refractivity contribution in [3.63, 3.8) is 0 Å². The molecule has 27 heavy (non-hydrogen) atoms. The van der Waals surface area contributed by atoms with E-state index in [2.05, 4.69) is 10.3 Å². The minimum atomic E-state index is -0.521. The Labute approximate surface area is 158 Å². The number of benzene rings is 1. The number of anilines is 1. The highest BCUT2D eigenvalue weighted by atomic mass is 16.3. The molecule has 0 radical (unpaired) electrons. The number of aromatic nitrogens is 2. The van der Waals surface area contributed by atoms with Crippen LogP contribution in [0.2, 0.25) is 0 Å². The molecular formula is C21H24N4O2. The van der Waals surface area contributed by atoms with E-state index < -0.39 is 6.10 Å². The van der Waals surface area contributed by atoms with Gasteiger partial charge < -0.3 is 19.7 Å². The van der Waals surface area contributed by atoms with Crippen molar-refractivity contribution in [2.24, 2.45) is 0 Å². The molecule has 0 bridgehead atoms. The fraction of sp³-hybridized carbons (Fsp3) is 0.333. The van der Waals surface area contributed by atoms with Gasteiger partial charge in [-0.2, -0.15) is 0 Å². The summed E-state index contributed by atoms with van der Waals surface area (Å²) in [6.07, 6.45) is 1.93. The second kappa shape index (κ2) is 6.39. The number of imidazole rings is 1. The molecule has 3 aromatic rings. The molecule has 0 fully saturated rings. The molecule has 0 saturated heterocycles. The first-order valence-electron chi connectivity index (χ1n) is 9.10. The summed E-state index contributed by atoms with van der Waals surface area (Å²) in [4.78, 5) is 18.8. The maximum absolute atomic E-state index is 12.6. The summed E-state index contributed by atoms with van der Waals surface area (Å²) in [5, 5.41) is 14.1. The van der Waals surface area contributed by atoms with E-state index in [0.717, 1.165) is 33.8 Å². The Bertz CT molecular complexity index is 1040. The number of carbonyl (C=O) groups is 1. The lowest BCUT2D eigenvalue weighted by Gasteiger charge is -2.21. The second-order valence-corrected chi connectivity index (χ2v) is 7.41. The number of rotatable bonds is 3. The van der Waals surface area contributed by atoms with Gasteiger partial charge in [0.15, 0.2) is 5.65 Å². The third-order valence-electron chi connectivity index (χ3n) is 5.36. The SMILES string of the molecule is Cc1nc2c(N[C@@H]3c4ccccc4C[C@@H]3O)cc(C(=O)N(C)C)cn2c1C. The van der Waals surface area contributed by atoms with E-state index in [1.54, 1.807) is 19.0 Å². The number of pyridine rings is 1. The molecule has 0 unspecified atom stereocenters. The molecule has 1 aliphatic rings. The van der Waals surface area contributed by atoms with Crippen LogP contribution in [0.4, 0.5) is 5.69 Å². The smallest absolute Gasteiger partial charge is 0.254 e. The Morgan fingerprint density at radius 2 is 2.04 bits per heavy atom. The summed E-state index contributed by atoms with van der Waals surface area (Å²) in [5.41, 5.74) is 6.24. The van der Waals surface area contributed by atoms with Crippen molar-refractivity contribution in [2.45, 2.75) is 32.4 Å². The molecular weight excluding hydrogens is 340 g/mol. The van der Waals surface area contributed by atoms with Crippen LogP contribution in [-0.4, -0.2) is 45.5 Å². The van der Waals surface area contributed by atoms with E-state index in [9.17, 15) is 9.90 Å². The number of amides is 1. The summed E-state index contributed by atoms with van der Waals surface area (Å²) in [6.45, 7) is 3.95. The first kappa shape index (κ1) is 17.5. The molecule has 2 heterocycles. The molecule has 0 aliphatic heterocycles. The largest absolute Gasteiger partial charge is 0.390 e.